The molecule has 20 heavy (non-hydrogen) atoms. The van der Waals surface area contributed by atoms with Crippen LogP contribution in [0.2, 0.25) is 0 Å². The number of anilines is 1. The summed E-state index contributed by atoms with van der Waals surface area (Å²) in [5, 5.41) is 5.34. The Morgan fingerprint density at radius 3 is 2.90 bits per heavy atom. The quantitative estimate of drug-likeness (QED) is 0.927. The number of nitrogens with one attached hydrogen (secondary N) is 1. The summed E-state index contributed by atoms with van der Waals surface area (Å²) in [6.45, 7) is 5.28. The summed E-state index contributed by atoms with van der Waals surface area (Å²) in [6.07, 6.45) is 4.10. The maximum absolute atomic E-state index is 12.0. The van der Waals surface area contributed by atoms with E-state index in [2.05, 4.69) is 17.2 Å². The minimum absolute atomic E-state index is 0.0275. The second-order valence-corrected chi connectivity index (χ2v) is 6.17. The third kappa shape index (κ3) is 3.79. The highest BCUT2D eigenvalue weighted by Gasteiger charge is 2.30. The van der Waals surface area contributed by atoms with E-state index in [1.807, 2.05) is 10.3 Å². The van der Waals surface area contributed by atoms with Crippen LogP contribution in [0.5, 0.6) is 0 Å². The molecule has 1 aromatic heterocycles. The second kappa shape index (κ2) is 6.83. The maximum Gasteiger partial charge on any atom is 0.226 e. The number of rotatable bonds is 4. The molecule has 0 saturated carbocycles. The Morgan fingerprint density at radius 2 is 2.30 bits per heavy atom. The summed E-state index contributed by atoms with van der Waals surface area (Å²) in [5.74, 6) is 0.930. The molecule has 1 N–H and O–H groups in total. The van der Waals surface area contributed by atoms with Crippen molar-refractivity contribution in [2.24, 2.45) is 11.8 Å². The van der Waals surface area contributed by atoms with Crippen molar-refractivity contribution < 1.29 is 9.59 Å². The van der Waals surface area contributed by atoms with Gasteiger partial charge in [0.1, 0.15) is 0 Å². The van der Waals surface area contributed by atoms with Crippen LogP contribution in [0.4, 0.5) is 5.13 Å². The largest absolute Gasteiger partial charge is 0.343 e. The van der Waals surface area contributed by atoms with Crippen molar-refractivity contribution in [1.29, 1.82) is 0 Å². The highest BCUT2D eigenvalue weighted by molar-refractivity contribution is 7.13. The number of hydrogen-bond acceptors (Lipinski definition) is 4. The zero-order valence-corrected chi connectivity index (χ0v) is 12.8. The molecular formula is C14H21N3O2S. The van der Waals surface area contributed by atoms with E-state index in [4.69, 9.17) is 0 Å². The molecule has 5 nitrogen and oxygen atoms in total. The molecule has 1 fully saturated rings. The lowest BCUT2D eigenvalue weighted by Crippen LogP contribution is -2.43. The lowest BCUT2D eigenvalue weighted by molar-refractivity contribution is -0.131. The summed E-state index contributed by atoms with van der Waals surface area (Å²) in [5.41, 5.74) is 0. The molecule has 0 spiro atoms. The van der Waals surface area contributed by atoms with Gasteiger partial charge in [-0.2, -0.15) is 0 Å². The molecule has 110 valence electrons. The van der Waals surface area contributed by atoms with E-state index in [1.165, 1.54) is 11.3 Å². The van der Waals surface area contributed by atoms with Gasteiger partial charge in [0, 0.05) is 38.0 Å². The number of carbonyl (C=O) groups is 2. The van der Waals surface area contributed by atoms with E-state index in [1.54, 1.807) is 13.1 Å². The van der Waals surface area contributed by atoms with Crippen molar-refractivity contribution in [3.05, 3.63) is 11.6 Å². The Morgan fingerprint density at radius 1 is 1.50 bits per heavy atom. The molecule has 1 saturated heterocycles. The molecule has 0 aliphatic carbocycles. The Labute approximate surface area is 123 Å². The van der Waals surface area contributed by atoms with Crippen LogP contribution < -0.4 is 5.32 Å². The first-order valence-electron chi connectivity index (χ1n) is 7.05. The molecule has 0 unspecified atom stereocenters. The molecule has 0 bridgehead atoms. The van der Waals surface area contributed by atoms with Crippen LogP contribution in [-0.4, -0.2) is 34.8 Å². The Kier molecular flexibility index (Phi) is 5.11. The number of thiazole rings is 1. The monoisotopic (exact) mass is 295 g/mol. The van der Waals surface area contributed by atoms with Gasteiger partial charge in [0.2, 0.25) is 11.8 Å². The van der Waals surface area contributed by atoms with Crippen LogP contribution in [0.15, 0.2) is 11.6 Å². The van der Waals surface area contributed by atoms with Crippen LogP contribution in [-0.2, 0) is 9.59 Å². The number of nitrogens with zero attached hydrogens (tertiary/aromatic N) is 2. The standard InChI is InChI=1S/C14H21N3O2S/c1-3-11-9-17(10(2)18)6-4-12(11)8-13(19)16-14-15-5-7-20-14/h5,7,11-12H,3-4,6,8-9H2,1-2H3,(H,15,16,19)/t11-,12-/m0/s1. The van der Waals surface area contributed by atoms with Crippen LogP contribution in [0, 0.1) is 11.8 Å². The third-order valence-electron chi connectivity index (χ3n) is 3.99. The average Bonchev–Trinajstić information content (AvgIpc) is 2.91. The third-order valence-corrected chi connectivity index (χ3v) is 4.68. The van der Waals surface area contributed by atoms with Gasteiger partial charge in [-0.15, -0.1) is 11.3 Å². The number of hydrogen-bond donors (Lipinski definition) is 1. The van der Waals surface area contributed by atoms with Crippen LogP contribution in [0.3, 0.4) is 0 Å². The van der Waals surface area contributed by atoms with Gasteiger partial charge in [0.05, 0.1) is 0 Å². The van der Waals surface area contributed by atoms with E-state index in [0.29, 0.717) is 23.4 Å². The number of likely N-dealkylation sites (tertiary alicyclic amines) is 1. The molecule has 1 aliphatic heterocycles. The predicted octanol–water partition coefficient (Wildman–Crippen LogP) is 2.37. The number of aromatic nitrogens is 1. The second-order valence-electron chi connectivity index (χ2n) is 5.27. The van der Waals surface area contributed by atoms with E-state index in [0.717, 1.165) is 25.9 Å². The minimum Gasteiger partial charge on any atom is -0.343 e. The normalized spacial score (nSPS) is 22.6. The van der Waals surface area contributed by atoms with Gasteiger partial charge in [-0.1, -0.05) is 13.3 Å². The highest BCUT2D eigenvalue weighted by Crippen LogP contribution is 2.29. The van der Waals surface area contributed by atoms with Crippen molar-refractivity contribution in [2.45, 2.75) is 33.1 Å². The SMILES string of the molecule is CC[C@H]1CN(C(C)=O)CC[C@H]1CC(=O)Nc1nccs1. The summed E-state index contributed by atoms with van der Waals surface area (Å²) < 4.78 is 0. The van der Waals surface area contributed by atoms with Crippen LogP contribution in [0.1, 0.15) is 33.1 Å². The van der Waals surface area contributed by atoms with Gasteiger partial charge in [-0.05, 0) is 18.3 Å². The first kappa shape index (κ1) is 15.0. The topological polar surface area (TPSA) is 62.3 Å². The van der Waals surface area contributed by atoms with E-state index in [9.17, 15) is 9.59 Å². The molecular weight excluding hydrogens is 274 g/mol. The predicted molar refractivity (Wildman–Crippen MR) is 79.5 cm³/mol. The zero-order valence-electron chi connectivity index (χ0n) is 12.0. The summed E-state index contributed by atoms with van der Waals surface area (Å²) >= 11 is 1.43. The molecule has 2 rings (SSSR count). The smallest absolute Gasteiger partial charge is 0.226 e. The van der Waals surface area contributed by atoms with Crippen molar-refractivity contribution in [2.75, 3.05) is 18.4 Å². The molecule has 0 radical (unpaired) electrons. The number of amides is 2. The number of carbonyl (C=O) groups excluding carboxylic acids is 2. The lowest BCUT2D eigenvalue weighted by Gasteiger charge is -2.37. The summed E-state index contributed by atoms with van der Waals surface area (Å²) in [4.78, 5) is 29.4. The van der Waals surface area contributed by atoms with Gasteiger partial charge < -0.3 is 10.2 Å². The number of piperidine rings is 1. The summed E-state index contributed by atoms with van der Waals surface area (Å²) in [6, 6.07) is 0. The fraction of sp³-hybridized carbons (Fsp3) is 0.643. The van der Waals surface area contributed by atoms with Crippen molar-refractivity contribution in [1.82, 2.24) is 9.88 Å². The maximum atomic E-state index is 12.0. The first-order chi connectivity index (χ1) is 9.60. The minimum atomic E-state index is 0.0275. The van der Waals surface area contributed by atoms with Crippen LogP contribution >= 0.6 is 11.3 Å². The average molecular weight is 295 g/mol. The molecule has 6 heteroatoms. The fourth-order valence-corrected chi connectivity index (χ4v) is 3.34. The summed E-state index contributed by atoms with van der Waals surface area (Å²) in [7, 11) is 0. The van der Waals surface area contributed by atoms with E-state index >= 15 is 0 Å². The Hall–Kier alpha value is -1.43. The molecule has 1 aromatic rings. The van der Waals surface area contributed by atoms with E-state index < -0.39 is 0 Å². The molecule has 2 heterocycles. The molecule has 2 amide bonds. The lowest BCUT2D eigenvalue weighted by atomic mass is 9.81. The van der Waals surface area contributed by atoms with Gasteiger partial charge >= 0.3 is 0 Å². The zero-order chi connectivity index (χ0) is 14.5. The van der Waals surface area contributed by atoms with Gasteiger partial charge in [0.15, 0.2) is 5.13 Å². The first-order valence-corrected chi connectivity index (χ1v) is 7.93. The van der Waals surface area contributed by atoms with E-state index in [-0.39, 0.29) is 11.8 Å². The van der Waals surface area contributed by atoms with Crippen molar-refractivity contribution >= 4 is 28.3 Å². The molecule has 2 atom stereocenters. The highest BCUT2D eigenvalue weighted by atomic mass is 32.1. The van der Waals surface area contributed by atoms with Gasteiger partial charge in [-0.3, -0.25) is 9.59 Å². The molecule has 0 aromatic carbocycles. The van der Waals surface area contributed by atoms with Crippen LogP contribution in [0.25, 0.3) is 0 Å². The van der Waals surface area contributed by atoms with Crippen molar-refractivity contribution in [3.63, 3.8) is 0 Å². The Bertz CT molecular complexity index is 461. The fourth-order valence-electron chi connectivity index (χ4n) is 2.79. The van der Waals surface area contributed by atoms with Gasteiger partial charge in [0.25, 0.3) is 0 Å². The molecule has 1 aliphatic rings. The van der Waals surface area contributed by atoms with Crippen molar-refractivity contribution in [3.8, 4) is 0 Å². The van der Waals surface area contributed by atoms with Gasteiger partial charge in [-0.25, -0.2) is 4.98 Å². The Balaban J connectivity index is 1.88.